The summed E-state index contributed by atoms with van der Waals surface area (Å²) in [5, 5.41) is 0. The first kappa shape index (κ1) is 10.8. The molecule has 2 N–H and O–H groups in total. The standard InChI is InChI=1S/C9H17N3O2/c1-7(13)12-5-3-8(4-6-12)11(2)9(10)14/h8H,3-6H2,1-2H3,(H2,10,14). The van der Waals surface area contributed by atoms with E-state index in [0.29, 0.717) is 0 Å². The summed E-state index contributed by atoms with van der Waals surface area (Å²) in [6.07, 6.45) is 1.64. The second-order valence-electron chi connectivity index (χ2n) is 3.69. The molecular weight excluding hydrogens is 182 g/mol. The van der Waals surface area contributed by atoms with Crippen LogP contribution in [0.1, 0.15) is 19.8 Å². The minimum Gasteiger partial charge on any atom is -0.351 e. The van der Waals surface area contributed by atoms with Crippen molar-refractivity contribution in [3.05, 3.63) is 0 Å². The number of hydrogen-bond donors (Lipinski definition) is 1. The first-order chi connectivity index (χ1) is 6.52. The zero-order valence-corrected chi connectivity index (χ0v) is 8.69. The lowest BCUT2D eigenvalue weighted by Gasteiger charge is -2.35. The number of hydrogen-bond acceptors (Lipinski definition) is 2. The molecule has 5 nitrogen and oxygen atoms in total. The molecule has 0 bridgehead atoms. The van der Waals surface area contributed by atoms with Gasteiger partial charge in [-0.1, -0.05) is 0 Å². The Balaban J connectivity index is 2.43. The molecular formula is C9H17N3O2. The van der Waals surface area contributed by atoms with Crippen LogP contribution < -0.4 is 5.73 Å². The highest BCUT2D eigenvalue weighted by Crippen LogP contribution is 2.14. The summed E-state index contributed by atoms with van der Waals surface area (Å²) in [5.74, 6) is 0.102. The molecule has 3 amide bonds. The van der Waals surface area contributed by atoms with Crippen molar-refractivity contribution in [2.75, 3.05) is 20.1 Å². The van der Waals surface area contributed by atoms with Gasteiger partial charge in [0.1, 0.15) is 0 Å². The van der Waals surface area contributed by atoms with E-state index in [1.54, 1.807) is 23.8 Å². The summed E-state index contributed by atoms with van der Waals surface area (Å²) in [5.41, 5.74) is 5.17. The fourth-order valence-electron chi connectivity index (χ4n) is 1.75. The molecule has 0 aromatic heterocycles. The molecule has 1 rings (SSSR count). The van der Waals surface area contributed by atoms with E-state index in [0.717, 1.165) is 25.9 Å². The van der Waals surface area contributed by atoms with Gasteiger partial charge >= 0.3 is 6.03 Å². The van der Waals surface area contributed by atoms with Crippen molar-refractivity contribution in [1.82, 2.24) is 9.80 Å². The normalized spacial score (nSPS) is 18.0. The van der Waals surface area contributed by atoms with Crippen molar-refractivity contribution in [1.29, 1.82) is 0 Å². The molecule has 1 aliphatic rings. The van der Waals surface area contributed by atoms with Gasteiger partial charge < -0.3 is 15.5 Å². The number of rotatable bonds is 1. The predicted octanol–water partition coefficient (Wildman–Crippen LogP) is 0.00780. The van der Waals surface area contributed by atoms with E-state index in [9.17, 15) is 9.59 Å². The minimum atomic E-state index is -0.397. The van der Waals surface area contributed by atoms with Crippen LogP contribution in [0.25, 0.3) is 0 Å². The van der Waals surface area contributed by atoms with Crippen molar-refractivity contribution in [3.63, 3.8) is 0 Å². The van der Waals surface area contributed by atoms with Crippen molar-refractivity contribution >= 4 is 11.9 Å². The van der Waals surface area contributed by atoms with Crippen LogP contribution in [0.5, 0.6) is 0 Å². The number of nitrogens with zero attached hydrogens (tertiary/aromatic N) is 2. The van der Waals surface area contributed by atoms with Crippen LogP contribution in [0.4, 0.5) is 4.79 Å². The van der Waals surface area contributed by atoms with Gasteiger partial charge in [-0.3, -0.25) is 4.79 Å². The highest BCUT2D eigenvalue weighted by Gasteiger charge is 2.24. The molecule has 0 aromatic carbocycles. The fourth-order valence-corrected chi connectivity index (χ4v) is 1.75. The molecule has 0 unspecified atom stereocenters. The predicted molar refractivity (Wildman–Crippen MR) is 52.6 cm³/mol. The molecule has 0 aliphatic carbocycles. The molecule has 1 fully saturated rings. The Morgan fingerprint density at radius 3 is 2.21 bits per heavy atom. The molecule has 1 saturated heterocycles. The zero-order valence-electron chi connectivity index (χ0n) is 8.69. The summed E-state index contributed by atoms with van der Waals surface area (Å²) in [6, 6.07) is -0.214. The largest absolute Gasteiger partial charge is 0.351 e. The average Bonchev–Trinajstić information content (AvgIpc) is 2.16. The number of carbonyl (C=O) groups excluding carboxylic acids is 2. The van der Waals surface area contributed by atoms with Crippen LogP contribution in [-0.4, -0.2) is 47.9 Å². The van der Waals surface area contributed by atoms with Gasteiger partial charge in [-0.05, 0) is 12.8 Å². The average molecular weight is 199 g/mol. The van der Waals surface area contributed by atoms with E-state index >= 15 is 0 Å². The van der Waals surface area contributed by atoms with Crippen LogP contribution in [-0.2, 0) is 4.79 Å². The smallest absolute Gasteiger partial charge is 0.314 e. The lowest BCUT2D eigenvalue weighted by atomic mass is 10.0. The number of amides is 3. The summed E-state index contributed by atoms with van der Waals surface area (Å²) in [6.45, 7) is 3.01. The van der Waals surface area contributed by atoms with E-state index in [4.69, 9.17) is 5.73 Å². The van der Waals surface area contributed by atoms with Crippen molar-refractivity contribution in [3.8, 4) is 0 Å². The van der Waals surface area contributed by atoms with E-state index in [1.165, 1.54) is 0 Å². The number of carbonyl (C=O) groups is 2. The zero-order chi connectivity index (χ0) is 10.7. The third kappa shape index (κ3) is 2.37. The molecule has 80 valence electrons. The van der Waals surface area contributed by atoms with Gasteiger partial charge in [-0.15, -0.1) is 0 Å². The van der Waals surface area contributed by atoms with E-state index in [-0.39, 0.29) is 11.9 Å². The molecule has 5 heteroatoms. The molecule has 1 heterocycles. The summed E-state index contributed by atoms with van der Waals surface area (Å²) < 4.78 is 0. The van der Waals surface area contributed by atoms with Gasteiger partial charge in [-0.25, -0.2) is 4.79 Å². The highest BCUT2D eigenvalue weighted by atomic mass is 16.2. The summed E-state index contributed by atoms with van der Waals surface area (Å²) >= 11 is 0. The molecule has 1 aliphatic heterocycles. The number of primary amides is 1. The van der Waals surface area contributed by atoms with Gasteiger partial charge in [0, 0.05) is 33.1 Å². The second-order valence-corrected chi connectivity index (χ2v) is 3.69. The number of nitrogens with two attached hydrogens (primary N) is 1. The first-order valence-electron chi connectivity index (χ1n) is 4.80. The van der Waals surface area contributed by atoms with E-state index < -0.39 is 6.03 Å². The monoisotopic (exact) mass is 199 g/mol. The van der Waals surface area contributed by atoms with Crippen LogP contribution in [0.3, 0.4) is 0 Å². The van der Waals surface area contributed by atoms with Crippen LogP contribution >= 0.6 is 0 Å². The van der Waals surface area contributed by atoms with Gasteiger partial charge in [-0.2, -0.15) is 0 Å². The Kier molecular flexibility index (Phi) is 3.33. The Morgan fingerprint density at radius 1 is 1.36 bits per heavy atom. The molecule has 14 heavy (non-hydrogen) atoms. The van der Waals surface area contributed by atoms with Crippen LogP contribution in [0.2, 0.25) is 0 Å². The Hall–Kier alpha value is -1.26. The maximum Gasteiger partial charge on any atom is 0.314 e. The number of piperidine rings is 1. The Bertz CT molecular complexity index is 234. The minimum absolute atomic E-state index is 0.102. The van der Waals surface area contributed by atoms with Gasteiger partial charge in [0.05, 0.1) is 0 Å². The molecule has 0 spiro atoms. The first-order valence-corrected chi connectivity index (χ1v) is 4.80. The van der Waals surface area contributed by atoms with Crippen LogP contribution in [0.15, 0.2) is 0 Å². The van der Waals surface area contributed by atoms with E-state index in [1.807, 2.05) is 0 Å². The lowest BCUT2D eigenvalue weighted by molar-refractivity contribution is -0.130. The third-order valence-corrected chi connectivity index (χ3v) is 2.81. The topological polar surface area (TPSA) is 66.6 Å². The van der Waals surface area contributed by atoms with Crippen LogP contribution in [0, 0.1) is 0 Å². The van der Waals surface area contributed by atoms with Gasteiger partial charge in [0.2, 0.25) is 5.91 Å². The summed E-state index contributed by atoms with van der Waals surface area (Å²) in [4.78, 5) is 25.3. The van der Waals surface area contributed by atoms with Gasteiger partial charge in [0.15, 0.2) is 0 Å². The molecule has 0 radical (unpaired) electrons. The number of likely N-dealkylation sites (tertiary alicyclic amines) is 1. The SMILES string of the molecule is CC(=O)N1CCC(N(C)C(N)=O)CC1. The second kappa shape index (κ2) is 4.30. The quantitative estimate of drug-likeness (QED) is 0.646. The summed E-state index contributed by atoms with van der Waals surface area (Å²) in [7, 11) is 1.70. The van der Waals surface area contributed by atoms with Gasteiger partial charge in [0.25, 0.3) is 0 Å². The molecule has 0 atom stereocenters. The van der Waals surface area contributed by atoms with Crippen molar-refractivity contribution < 1.29 is 9.59 Å². The van der Waals surface area contributed by atoms with E-state index in [2.05, 4.69) is 0 Å². The molecule has 0 aromatic rings. The maximum absolute atomic E-state index is 11.0. The lowest BCUT2D eigenvalue weighted by Crippen LogP contribution is -2.48. The Labute approximate surface area is 83.8 Å². The maximum atomic E-state index is 11.0. The third-order valence-electron chi connectivity index (χ3n) is 2.81. The molecule has 0 saturated carbocycles. The van der Waals surface area contributed by atoms with Crippen molar-refractivity contribution in [2.45, 2.75) is 25.8 Å². The Morgan fingerprint density at radius 2 is 1.86 bits per heavy atom. The fraction of sp³-hybridized carbons (Fsp3) is 0.778. The number of urea groups is 1. The van der Waals surface area contributed by atoms with Crippen molar-refractivity contribution in [2.24, 2.45) is 5.73 Å². The highest BCUT2D eigenvalue weighted by molar-refractivity contribution is 5.73.